The minimum absolute atomic E-state index is 0.202. The van der Waals surface area contributed by atoms with Crippen LogP contribution in [-0.2, 0) is 23.8 Å². The summed E-state index contributed by atoms with van der Waals surface area (Å²) in [5.41, 5.74) is 1.82. The number of nitrogens with zero attached hydrogens (tertiary/aromatic N) is 3. The van der Waals surface area contributed by atoms with Gasteiger partial charge >= 0.3 is 6.09 Å². The first-order valence-electron chi connectivity index (χ1n) is 10.5. The summed E-state index contributed by atoms with van der Waals surface area (Å²) < 4.78 is 30.0. The molecule has 0 radical (unpaired) electrons. The van der Waals surface area contributed by atoms with Crippen molar-refractivity contribution in [1.29, 1.82) is 0 Å². The number of anilines is 2. The maximum Gasteiger partial charge on any atom is 0.414 e. The second-order valence-corrected chi connectivity index (χ2v) is 7.48. The number of oxime groups is 1. The molecule has 2 aliphatic rings. The number of benzene rings is 1. The van der Waals surface area contributed by atoms with Gasteiger partial charge in [0.2, 0.25) is 5.91 Å². The van der Waals surface area contributed by atoms with Crippen molar-refractivity contribution < 1.29 is 33.0 Å². The zero-order valence-electron chi connectivity index (χ0n) is 18.3. The number of methoxy groups -OCH3 is 1. The first kappa shape index (κ1) is 23.7. The molecular formula is C21H29FN4O6. The van der Waals surface area contributed by atoms with Crippen LogP contribution >= 0.6 is 0 Å². The summed E-state index contributed by atoms with van der Waals surface area (Å²) in [5.74, 6) is -0.611. The number of piperidine rings is 1. The maximum absolute atomic E-state index is 14.9. The molecule has 2 amide bonds. The van der Waals surface area contributed by atoms with Gasteiger partial charge in [0.25, 0.3) is 0 Å². The van der Waals surface area contributed by atoms with Gasteiger partial charge in [0.15, 0.2) is 0 Å². The Morgan fingerprint density at radius 1 is 1.31 bits per heavy atom. The third kappa shape index (κ3) is 6.54. The highest BCUT2D eigenvalue weighted by atomic mass is 19.1. The predicted molar refractivity (Wildman–Crippen MR) is 115 cm³/mol. The molecule has 0 aromatic heterocycles. The van der Waals surface area contributed by atoms with Gasteiger partial charge in [-0.25, -0.2) is 9.18 Å². The quantitative estimate of drug-likeness (QED) is 0.329. The standard InChI is InChI=1S/C21H29FN4O6/c1-15(27)23-12-18-13-26(21(28)32-18)17-3-4-20(19(22)11-17)25-7-5-16(6-8-25)24-31-10-9-30-14-29-2/h3-4,11,18H,5-10,12-14H2,1-2H3,(H,23,27). The highest BCUT2D eigenvalue weighted by Gasteiger charge is 2.33. The number of hydrogen-bond acceptors (Lipinski definition) is 8. The molecule has 1 aromatic carbocycles. The van der Waals surface area contributed by atoms with Gasteiger partial charge in [0.05, 0.1) is 36.8 Å². The average Bonchev–Trinajstić information content (AvgIpc) is 3.16. The van der Waals surface area contributed by atoms with E-state index in [2.05, 4.69) is 10.5 Å². The van der Waals surface area contributed by atoms with E-state index in [9.17, 15) is 14.0 Å². The van der Waals surface area contributed by atoms with Crippen molar-refractivity contribution in [3.8, 4) is 0 Å². The van der Waals surface area contributed by atoms with Crippen molar-refractivity contribution in [1.82, 2.24) is 5.32 Å². The number of rotatable bonds is 10. The second kappa shape index (κ2) is 11.6. The molecule has 0 spiro atoms. The van der Waals surface area contributed by atoms with Crippen LogP contribution in [0.5, 0.6) is 0 Å². The Labute approximate surface area is 186 Å². The summed E-state index contributed by atoms with van der Waals surface area (Å²) in [7, 11) is 1.55. The third-order valence-corrected chi connectivity index (χ3v) is 5.09. The zero-order chi connectivity index (χ0) is 22.9. The van der Waals surface area contributed by atoms with Gasteiger partial charge in [0, 0.05) is 40.0 Å². The van der Waals surface area contributed by atoms with Crippen LogP contribution in [0.4, 0.5) is 20.6 Å². The summed E-state index contributed by atoms with van der Waals surface area (Å²) >= 11 is 0. The Morgan fingerprint density at radius 3 is 2.78 bits per heavy atom. The topological polar surface area (TPSA) is 102 Å². The summed E-state index contributed by atoms with van der Waals surface area (Å²) in [6, 6.07) is 4.71. The van der Waals surface area contributed by atoms with Crippen LogP contribution in [0.3, 0.4) is 0 Å². The Bertz CT molecular complexity index is 827. The number of ether oxygens (including phenoxy) is 3. The fraction of sp³-hybridized carbons (Fsp3) is 0.571. The van der Waals surface area contributed by atoms with Gasteiger partial charge in [-0.05, 0) is 18.2 Å². The van der Waals surface area contributed by atoms with Crippen molar-refractivity contribution in [2.75, 3.05) is 63.1 Å². The van der Waals surface area contributed by atoms with Gasteiger partial charge in [-0.15, -0.1) is 0 Å². The second-order valence-electron chi connectivity index (χ2n) is 7.48. The Morgan fingerprint density at radius 2 is 2.09 bits per heavy atom. The van der Waals surface area contributed by atoms with Crippen LogP contribution in [0.25, 0.3) is 0 Å². The molecule has 1 unspecified atom stereocenters. The van der Waals surface area contributed by atoms with E-state index in [0.29, 0.717) is 50.5 Å². The van der Waals surface area contributed by atoms with Crippen LogP contribution in [0.2, 0.25) is 0 Å². The summed E-state index contributed by atoms with van der Waals surface area (Å²) in [5, 5.41) is 6.75. The molecule has 1 N–H and O–H groups in total. The molecule has 2 saturated heterocycles. The van der Waals surface area contributed by atoms with Gasteiger partial charge in [-0.3, -0.25) is 9.69 Å². The number of cyclic esters (lactones) is 1. The van der Waals surface area contributed by atoms with Crippen LogP contribution in [0.1, 0.15) is 19.8 Å². The van der Waals surface area contributed by atoms with Crippen molar-refractivity contribution in [2.24, 2.45) is 5.16 Å². The van der Waals surface area contributed by atoms with Crippen LogP contribution in [-0.4, -0.2) is 77.1 Å². The normalized spacial score (nSPS) is 18.5. The number of carbonyl (C=O) groups is 2. The van der Waals surface area contributed by atoms with E-state index in [4.69, 9.17) is 19.0 Å². The highest BCUT2D eigenvalue weighted by molar-refractivity contribution is 5.90. The average molecular weight is 452 g/mol. The molecule has 0 aliphatic carbocycles. The zero-order valence-corrected chi connectivity index (χ0v) is 18.3. The summed E-state index contributed by atoms with van der Waals surface area (Å²) in [6.07, 6.45) is 0.314. The van der Waals surface area contributed by atoms with E-state index in [-0.39, 0.29) is 25.8 Å². The van der Waals surface area contributed by atoms with E-state index in [0.717, 1.165) is 5.71 Å². The molecule has 176 valence electrons. The van der Waals surface area contributed by atoms with Gasteiger partial charge in [-0.1, -0.05) is 5.16 Å². The number of halogens is 1. The summed E-state index contributed by atoms with van der Waals surface area (Å²) in [6.45, 7) is 4.05. The minimum Gasteiger partial charge on any atom is -0.442 e. The minimum atomic E-state index is -0.557. The lowest BCUT2D eigenvalue weighted by Crippen LogP contribution is -2.35. The highest BCUT2D eigenvalue weighted by Crippen LogP contribution is 2.29. The molecule has 11 heteroatoms. The molecule has 1 atom stereocenters. The number of hydrogen-bond donors (Lipinski definition) is 1. The molecule has 1 aromatic rings. The van der Waals surface area contributed by atoms with Crippen LogP contribution in [0.15, 0.2) is 23.4 Å². The van der Waals surface area contributed by atoms with E-state index in [1.54, 1.807) is 19.2 Å². The Hall–Kier alpha value is -2.92. The molecular weight excluding hydrogens is 423 g/mol. The fourth-order valence-corrected chi connectivity index (χ4v) is 3.49. The largest absolute Gasteiger partial charge is 0.442 e. The van der Waals surface area contributed by atoms with Gasteiger partial charge < -0.3 is 29.3 Å². The Balaban J connectivity index is 1.51. The van der Waals surface area contributed by atoms with E-state index in [1.807, 2.05) is 4.90 Å². The lowest BCUT2D eigenvalue weighted by Gasteiger charge is -2.30. The van der Waals surface area contributed by atoms with E-state index >= 15 is 0 Å². The van der Waals surface area contributed by atoms with Crippen molar-refractivity contribution in [2.45, 2.75) is 25.9 Å². The number of nitrogens with one attached hydrogen (secondary N) is 1. The third-order valence-electron chi connectivity index (χ3n) is 5.09. The first-order chi connectivity index (χ1) is 15.5. The van der Waals surface area contributed by atoms with Crippen LogP contribution < -0.4 is 15.1 Å². The number of carbonyl (C=O) groups excluding carboxylic acids is 2. The molecule has 0 bridgehead atoms. The molecule has 2 fully saturated rings. The Kier molecular flexibility index (Phi) is 8.63. The first-order valence-corrected chi connectivity index (χ1v) is 10.5. The van der Waals surface area contributed by atoms with E-state index in [1.165, 1.54) is 17.9 Å². The fourth-order valence-electron chi connectivity index (χ4n) is 3.49. The van der Waals surface area contributed by atoms with Gasteiger partial charge in [0.1, 0.15) is 25.3 Å². The number of amides is 2. The lowest BCUT2D eigenvalue weighted by atomic mass is 10.1. The molecule has 2 aliphatic heterocycles. The molecule has 3 rings (SSSR count). The van der Waals surface area contributed by atoms with Gasteiger partial charge in [-0.2, -0.15) is 0 Å². The maximum atomic E-state index is 14.9. The lowest BCUT2D eigenvalue weighted by molar-refractivity contribution is -0.119. The molecule has 0 saturated carbocycles. The van der Waals surface area contributed by atoms with E-state index < -0.39 is 18.0 Å². The smallest absolute Gasteiger partial charge is 0.414 e. The molecule has 2 heterocycles. The molecule has 32 heavy (non-hydrogen) atoms. The summed E-state index contributed by atoms with van der Waals surface area (Å²) in [4.78, 5) is 31.8. The SMILES string of the molecule is COCOCCON=C1CCN(c2ccc(N3CC(CNC(C)=O)OC3=O)cc2F)CC1. The predicted octanol–water partition coefficient (Wildman–Crippen LogP) is 1.88. The van der Waals surface area contributed by atoms with Crippen molar-refractivity contribution in [3.63, 3.8) is 0 Å². The van der Waals surface area contributed by atoms with Crippen molar-refractivity contribution >= 4 is 29.1 Å². The van der Waals surface area contributed by atoms with Crippen molar-refractivity contribution in [3.05, 3.63) is 24.0 Å². The molecule has 10 nitrogen and oxygen atoms in total. The van der Waals surface area contributed by atoms with Crippen LogP contribution in [0, 0.1) is 5.82 Å². The monoisotopic (exact) mass is 452 g/mol.